The number of aryl methyl sites for hydroxylation is 1. The number of hydrogen-bond donors (Lipinski definition) is 1. The maximum Gasteiger partial charge on any atom is 0.254 e. The lowest BCUT2D eigenvalue weighted by Gasteiger charge is -2.35. The summed E-state index contributed by atoms with van der Waals surface area (Å²) in [5.74, 6) is 0.0788. The molecule has 2 unspecified atom stereocenters. The van der Waals surface area contributed by atoms with Crippen molar-refractivity contribution >= 4 is 5.91 Å². The third-order valence-electron chi connectivity index (χ3n) is 3.80. The highest BCUT2D eigenvalue weighted by molar-refractivity contribution is 5.96. The molecule has 0 bridgehead atoms. The summed E-state index contributed by atoms with van der Waals surface area (Å²) in [4.78, 5) is 14.4. The standard InChI is InChI=1S/C15H22N2O2/c1-10-5-4-6-13(11(10)2)15(18)17-7-8-19-14(9-17)12(3)16/h4-6,12,14H,7-9,16H2,1-3H3. The molecule has 1 aliphatic rings. The number of carbonyl (C=O) groups is 1. The lowest BCUT2D eigenvalue weighted by Crippen LogP contribution is -2.51. The summed E-state index contributed by atoms with van der Waals surface area (Å²) in [6, 6.07) is 5.78. The lowest BCUT2D eigenvalue weighted by molar-refractivity contribution is -0.0300. The SMILES string of the molecule is Cc1cccc(C(=O)N2CCOC(C(C)N)C2)c1C. The molecule has 1 aromatic carbocycles. The van der Waals surface area contributed by atoms with Crippen molar-refractivity contribution < 1.29 is 9.53 Å². The molecule has 1 aliphatic heterocycles. The van der Waals surface area contributed by atoms with Crippen molar-refractivity contribution in [2.75, 3.05) is 19.7 Å². The summed E-state index contributed by atoms with van der Waals surface area (Å²) in [5, 5.41) is 0. The maximum atomic E-state index is 12.6. The predicted octanol–water partition coefficient (Wildman–Crippen LogP) is 1.49. The van der Waals surface area contributed by atoms with Gasteiger partial charge in [-0.1, -0.05) is 12.1 Å². The second-order valence-corrected chi connectivity index (χ2v) is 5.27. The van der Waals surface area contributed by atoms with E-state index in [4.69, 9.17) is 10.5 Å². The number of morpholine rings is 1. The largest absolute Gasteiger partial charge is 0.373 e. The second-order valence-electron chi connectivity index (χ2n) is 5.27. The molecule has 1 saturated heterocycles. The van der Waals surface area contributed by atoms with E-state index in [1.807, 2.05) is 43.9 Å². The molecule has 1 amide bonds. The van der Waals surface area contributed by atoms with Gasteiger partial charge in [-0.2, -0.15) is 0 Å². The van der Waals surface area contributed by atoms with Crippen LogP contribution in [0.25, 0.3) is 0 Å². The molecule has 1 fully saturated rings. The van der Waals surface area contributed by atoms with Gasteiger partial charge in [-0.3, -0.25) is 4.79 Å². The van der Waals surface area contributed by atoms with Gasteiger partial charge in [0.2, 0.25) is 0 Å². The Labute approximate surface area is 114 Å². The number of nitrogens with two attached hydrogens (primary N) is 1. The van der Waals surface area contributed by atoms with Crippen LogP contribution >= 0.6 is 0 Å². The Bertz CT molecular complexity index is 471. The first-order valence-corrected chi connectivity index (χ1v) is 6.73. The molecular weight excluding hydrogens is 240 g/mol. The fourth-order valence-corrected chi connectivity index (χ4v) is 2.33. The molecule has 0 radical (unpaired) electrons. The molecule has 2 atom stereocenters. The monoisotopic (exact) mass is 262 g/mol. The zero-order valence-electron chi connectivity index (χ0n) is 11.8. The highest BCUT2D eigenvalue weighted by atomic mass is 16.5. The molecule has 2 rings (SSSR count). The summed E-state index contributed by atoms with van der Waals surface area (Å²) < 4.78 is 5.59. The first-order chi connectivity index (χ1) is 9.00. The van der Waals surface area contributed by atoms with E-state index in [2.05, 4.69) is 0 Å². The van der Waals surface area contributed by atoms with Crippen LogP contribution in [0.5, 0.6) is 0 Å². The zero-order valence-corrected chi connectivity index (χ0v) is 11.8. The highest BCUT2D eigenvalue weighted by Gasteiger charge is 2.27. The van der Waals surface area contributed by atoms with Crippen LogP contribution in [0.2, 0.25) is 0 Å². The van der Waals surface area contributed by atoms with Crippen molar-refractivity contribution in [1.29, 1.82) is 0 Å². The quantitative estimate of drug-likeness (QED) is 0.878. The van der Waals surface area contributed by atoms with Gasteiger partial charge in [-0.25, -0.2) is 0 Å². The van der Waals surface area contributed by atoms with E-state index in [9.17, 15) is 4.79 Å². The van der Waals surface area contributed by atoms with Gasteiger partial charge < -0.3 is 15.4 Å². The van der Waals surface area contributed by atoms with Gasteiger partial charge in [-0.05, 0) is 38.0 Å². The number of nitrogens with zero attached hydrogens (tertiary/aromatic N) is 1. The molecule has 4 nitrogen and oxygen atoms in total. The van der Waals surface area contributed by atoms with E-state index in [0.29, 0.717) is 19.7 Å². The van der Waals surface area contributed by atoms with Crippen LogP contribution in [0.15, 0.2) is 18.2 Å². The average Bonchev–Trinajstić information content (AvgIpc) is 2.41. The van der Waals surface area contributed by atoms with Crippen LogP contribution in [-0.2, 0) is 4.74 Å². The molecule has 0 saturated carbocycles. The minimum atomic E-state index is -0.0668. The highest BCUT2D eigenvalue weighted by Crippen LogP contribution is 2.17. The zero-order chi connectivity index (χ0) is 14.0. The van der Waals surface area contributed by atoms with Gasteiger partial charge in [0.15, 0.2) is 0 Å². The van der Waals surface area contributed by atoms with Gasteiger partial charge in [0.05, 0.1) is 12.7 Å². The fraction of sp³-hybridized carbons (Fsp3) is 0.533. The van der Waals surface area contributed by atoms with E-state index in [0.717, 1.165) is 16.7 Å². The van der Waals surface area contributed by atoms with Crippen molar-refractivity contribution in [2.24, 2.45) is 5.73 Å². The van der Waals surface area contributed by atoms with Crippen molar-refractivity contribution in [1.82, 2.24) is 4.90 Å². The summed E-state index contributed by atoms with van der Waals surface area (Å²) in [5.41, 5.74) is 8.84. The molecule has 0 spiro atoms. The van der Waals surface area contributed by atoms with Crippen molar-refractivity contribution in [3.63, 3.8) is 0 Å². The maximum absolute atomic E-state index is 12.6. The second kappa shape index (κ2) is 5.72. The first-order valence-electron chi connectivity index (χ1n) is 6.73. The Morgan fingerprint density at radius 2 is 2.21 bits per heavy atom. The van der Waals surface area contributed by atoms with Gasteiger partial charge in [-0.15, -0.1) is 0 Å². The molecule has 104 valence electrons. The fourth-order valence-electron chi connectivity index (χ4n) is 2.33. The minimum absolute atomic E-state index is 0.0609. The van der Waals surface area contributed by atoms with Crippen LogP contribution in [-0.4, -0.2) is 42.6 Å². The molecule has 0 aromatic heterocycles. The Hall–Kier alpha value is -1.39. The molecule has 19 heavy (non-hydrogen) atoms. The smallest absolute Gasteiger partial charge is 0.254 e. The van der Waals surface area contributed by atoms with Crippen LogP contribution in [0, 0.1) is 13.8 Å². The molecular formula is C15H22N2O2. The normalized spacial score (nSPS) is 21.3. The molecule has 4 heteroatoms. The Morgan fingerprint density at radius 3 is 2.89 bits per heavy atom. The first kappa shape index (κ1) is 14.0. The van der Waals surface area contributed by atoms with E-state index >= 15 is 0 Å². The number of rotatable bonds is 2. The summed E-state index contributed by atoms with van der Waals surface area (Å²) in [6.45, 7) is 7.70. The number of hydrogen-bond acceptors (Lipinski definition) is 3. The lowest BCUT2D eigenvalue weighted by atomic mass is 10.0. The van der Waals surface area contributed by atoms with Crippen LogP contribution in [0.1, 0.15) is 28.4 Å². The van der Waals surface area contributed by atoms with Crippen molar-refractivity contribution in [2.45, 2.75) is 32.9 Å². The minimum Gasteiger partial charge on any atom is -0.373 e. The third kappa shape index (κ3) is 2.96. The summed E-state index contributed by atoms with van der Waals surface area (Å²) in [7, 11) is 0. The van der Waals surface area contributed by atoms with Gasteiger partial charge in [0.1, 0.15) is 0 Å². The number of amides is 1. The molecule has 1 aromatic rings. The van der Waals surface area contributed by atoms with Crippen molar-refractivity contribution in [3.8, 4) is 0 Å². The van der Waals surface area contributed by atoms with E-state index in [1.54, 1.807) is 0 Å². The number of ether oxygens (including phenoxy) is 1. The van der Waals surface area contributed by atoms with Crippen LogP contribution in [0.3, 0.4) is 0 Å². The molecule has 2 N–H and O–H groups in total. The number of benzene rings is 1. The summed E-state index contributed by atoms with van der Waals surface area (Å²) >= 11 is 0. The van der Waals surface area contributed by atoms with Gasteiger partial charge in [0, 0.05) is 24.7 Å². The molecule has 1 heterocycles. The van der Waals surface area contributed by atoms with Crippen LogP contribution < -0.4 is 5.73 Å². The van der Waals surface area contributed by atoms with Crippen LogP contribution in [0.4, 0.5) is 0 Å². The van der Waals surface area contributed by atoms with E-state index in [-0.39, 0.29) is 18.1 Å². The van der Waals surface area contributed by atoms with E-state index in [1.165, 1.54) is 0 Å². The molecule has 0 aliphatic carbocycles. The van der Waals surface area contributed by atoms with E-state index < -0.39 is 0 Å². The summed E-state index contributed by atoms with van der Waals surface area (Å²) in [6.07, 6.45) is -0.0668. The Kier molecular flexibility index (Phi) is 4.22. The predicted molar refractivity (Wildman–Crippen MR) is 75.2 cm³/mol. The van der Waals surface area contributed by atoms with Gasteiger partial charge >= 0.3 is 0 Å². The van der Waals surface area contributed by atoms with Gasteiger partial charge in [0.25, 0.3) is 5.91 Å². The topological polar surface area (TPSA) is 55.6 Å². The third-order valence-corrected chi connectivity index (χ3v) is 3.80. The number of carbonyl (C=O) groups excluding carboxylic acids is 1. The Balaban J connectivity index is 2.17. The van der Waals surface area contributed by atoms with Crippen molar-refractivity contribution in [3.05, 3.63) is 34.9 Å². The average molecular weight is 262 g/mol. The Morgan fingerprint density at radius 1 is 1.47 bits per heavy atom.